The number of fused-ring (bicyclic) bond motifs is 1. The molecule has 0 radical (unpaired) electrons. The van der Waals surface area contributed by atoms with E-state index in [1.54, 1.807) is 0 Å². The van der Waals surface area contributed by atoms with Crippen LogP contribution in [-0.4, -0.2) is 21.2 Å². The SMILES string of the molecule is CSC(CC(C)C)n1nnc2ccccc21. The summed E-state index contributed by atoms with van der Waals surface area (Å²) in [7, 11) is 0. The van der Waals surface area contributed by atoms with E-state index < -0.39 is 0 Å². The zero-order chi connectivity index (χ0) is 11.5. The number of rotatable bonds is 4. The van der Waals surface area contributed by atoms with Gasteiger partial charge in [0.25, 0.3) is 0 Å². The molecule has 0 aliphatic heterocycles. The topological polar surface area (TPSA) is 30.7 Å². The maximum atomic E-state index is 4.27. The zero-order valence-corrected chi connectivity index (χ0v) is 10.7. The molecule has 2 aromatic rings. The second kappa shape index (κ2) is 4.87. The van der Waals surface area contributed by atoms with E-state index in [1.165, 1.54) is 0 Å². The molecule has 0 saturated carbocycles. The lowest BCUT2D eigenvalue weighted by molar-refractivity contribution is 0.476. The van der Waals surface area contributed by atoms with Crippen LogP contribution in [0.25, 0.3) is 11.0 Å². The minimum absolute atomic E-state index is 0.382. The lowest BCUT2D eigenvalue weighted by Gasteiger charge is -2.17. The van der Waals surface area contributed by atoms with Gasteiger partial charge in [-0.25, -0.2) is 4.68 Å². The van der Waals surface area contributed by atoms with E-state index in [-0.39, 0.29) is 0 Å². The van der Waals surface area contributed by atoms with Crippen molar-refractivity contribution < 1.29 is 0 Å². The molecular formula is C12H17N3S. The number of benzene rings is 1. The molecule has 3 nitrogen and oxygen atoms in total. The first-order chi connectivity index (χ1) is 7.72. The van der Waals surface area contributed by atoms with Crippen molar-refractivity contribution in [1.82, 2.24) is 15.0 Å². The fraction of sp³-hybridized carbons (Fsp3) is 0.500. The Morgan fingerprint density at radius 3 is 2.75 bits per heavy atom. The van der Waals surface area contributed by atoms with Crippen molar-refractivity contribution in [1.29, 1.82) is 0 Å². The van der Waals surface area contributed by atoms with Crippen LogP contribution in [0.5, 0.6) is 0 Å². The Morgan fingerprint density at radius 2 is 2.06 bits per heavy atom. The quantitative estimate of drug-likeness (QED) is 0.814. The summed E-state index contributed by atoms with van der Waals surface area (Å²) in [4.78, 5) is 0. The van der Waals surface area contributed by atoms with Gasteiger partial charge in [0.05, 0.1) is 10.9 Å². The van der Waals surface area contributed by atoms with Crippen LogP contribution in [0, 0.1) is 5.92 Å². The highest BCUT2D eigenvalue weighted by Gasteiger charge is 2.15. The molecule has 0 aliphatic rings. The number of nitrogens with zero attached hydrogens (tertiary/aromatic N) is 3. The number of aromatic nitrogens is 3. The Balaban J connectivity index is 2.37. The lowest BCUT2D eigenvalue weighted by atomic mass is 10.1. The van der Waals surface area contributed by atoms with Gasteiger partial charge in [0, 0.05) is 0 Å². The molecule has 0 amide bonds. The minimum atomic E-state index is 0.382. The molecule has 2 rings (SSSR count). The van der Waals surface area contributed by atoms with E-state index in [0.717, 1.165) is 17.5 Å². The fourth-order valence-corrected chi connectivity index (χ4v) is 2.73. The molecule has 0 N–H and O–H groups in total. The molecular weight excluding hydrogens is 218 g/mol. The summed E-state index contributed by atoms with van der Waals surface area (Å²) < 4.78 is 2.04. The van der Waals surface area contributed by atoms with Crippen LogP contribution >= 0.6 is 11.8 Å². The number of thioether (sulfide) groups is 1. The number of para-hydroxylation sites is 1. The largest absolute Gasteiger partial charge is 0.232 e. The second-order valence-electron chi connectivity index (χ2n) is 4.34. The van der Waals surface area contributed by atoms with Crippen molar-refractivity contribution in [3.05, 3.63) is 24.3 Å². The summed E-state index contributed by atoms with van der Waals surface area (Å²) in [6.45, 7) is 4.48. The van der Waals surface area contributed by atoms with E-state index in [9.17, 15) is 0 Å². The molecule has 1 heterocycles. The first-order valence-electron chi connectivity index (χ1n) is 5.55. The summed E-state index contributed by atoms with van der Waals surface area (Å²) in [5.41, 5.74) is 2.10. The van der Waals surface area contributed by atoms with Gasteiger partial charge < -0.3 is 0 Å². The van der Waals surface area contributed by atoms with Crippen molar-refractivity contribution in [2.45, 2.75) is 25.6 Å². The summed E-state index contributed by atoms with van der Waals surface area (Å²) in [6.07, 6.45) is 3.25. The Morgan fingerprint density at radius 1 is 1.31 bits per heavy atom. The van der Waals surface area contributed by atoms with Crippen LogP contribution in [-0.2, 0) is 0 Å². The summed E-state index contributed by atoms with van der Waals surface area (Å²) in [5, 5.41) is 8.84. The average Bonchev–Trinajstić information content (AvgIpc) is 2.69. The van der Waals surface area contributed by atoms with Crippen molar-refractivity contribution in [2.24, 2.45) is 5.92 Å². The Hall–Kier alpha value is -1.03. The van der Waals surface area contributed by atoms with Crippen LogP contribution in [0.4, 0.5) is 0 Å². The van der Waals surface area contributed by atoms with E-state index in [2.05, 4.69) is 36.5 Å². The summed E-state index contributed by atoms with van der Waals surface area (Å²) in [5.74, 6) is 0.667. The van der Waals surface area contributed by atoms with Gasteiger partial charge in [-0.2, -0.15) is 0 Å². The van der Waals surface area contributed by atoms with Crippen molar-refractivity contribution in [3.63, 3.8) is 0 Å². The summed E-state index contributed by atoms with van der Waals surface area (Å²) >= 11 is 1.83. The monoisotopic (exact) mass is 235 g/mol. The molecule has 1 unspecified atom stereocenters. The smallest absolute Gasteiger partial charge is 0.113 e. The third-order valence-corrected chi connectivity index (χ3v) is 3.53. The molecule has 86 valence electrons. The van der Waals surface area contributed by atoms with Crippen molar-refractivity contribution in [3.8, 4) is 0 Å². The first kappa shape index (κ1) is 11.5. The third-order valence-electron chi connectivity index (χ3n) is 2.60. The van der Waals surface area contributed by atoms with Gasteiger partial charge in [-0.3, -0.25) is 0 Å². The standard InChI is InChI=1S/C12H17N3S/c1-9(2)8-12(16-3)15-11-7-5-4-6-10(11)13-14-15/h4-7,9,12H,8H2,1-3H3. The second-order valence-corrected chi connectivity index (χ2v) is 5.36. The molecule has 4 heteroatoms. The highest BCUT2D eigenvalue weighted by atomic mass is 32.2. The Kier molecular flexibility index (Phi) is 3.49. The Labute approximate surface area is 100 Å². The molecule has 0 fully saturated rings. The van der Waals surface area contributed by atoms with Gasteiger partial charge in [-0.15, -0.1) is 16.9 Å². The highest BCUT2D eigenvalue weighted by molar-refractivity contribution is 7.98. The molecule has 0 bridgehead atoms. The Bertz CT molecular complexity index is 464. The fourth-order valence-electron chi connectivity index (χ4n) is 1.80. The predicted molar refractivity (Wildman–Crippen MR) is 69.5 cm³/mol. The van der Waals surface area contributed by atoms with Crippen LogP contribution < -0.4 is 0 Å². The van der Waals surface area contributed by atoms with Crippen molar-refractivity contribution in [2.75, 3.05) is 6.26 Å². The van der Waals surface area contributed by atoms with Crippen LogP contribution in [0.2, 0.25) is 0 Å². The van der Waals surface area contributed by atoms with Gasteiger partial charge in [-0.1, -0.05) is 31.2 Å². The van der Waals surface area contributed by atoms with Crippen LogP contribution in [0.3, 0.4) is 0 Å². The van der Waals surface area contributed by atoms with Gasteiger partial charge in [0.15, 0.2) is 0 Å². The van der Waals surface area contributed by atoms with Crippen LogP contribution in [0.15, 0.2) is 24.3 Å². The predicted octanol–water partition coefficient (Wildman–Crippen LogP) is 3.34. The van der Waals surface area contributed by atoms with Gasteiger partial charge in [0.2, 0.25) is 0 Å². The van der Waals surface area contributed by atoms with Crippen LogP contribution in [0.1, 0.15) is 25.6 Å². The lowest BCUT2D eigenvalue weighted by Crippen LogP contribution is -2.09. The molecule has 0 saturated heterocycles. The number of hydrogen-bond donors (Lipinski definition) is 0. The van der Waals surface area contributed by atoms with Gasteiger partial charge >= 0.3 is 0 Å². The van der Waals surface area contributed by atoms with E-state index in [0.29, 0.717) is 11.3 Å². The van der Waals surface area contributed by atoms with E-state index in [4.69, 9.17) is 0 Å². The molecule has 0 spiro atoms. The number of hydrogen-bond acceptors (Lipinski definition) is 3. The normalized spacial score (nSPS) is 13.5. The molecule has 1 aromatic heterocycles. The minimum Gasteiger partial charge on any atom is -0.232 e. The van der Waals surface area contributed by atoms with Crippen molar-refractivity contribution >= 4 is 22.8 Å². The van der Waals surface area contributed by atoms with E-state index >= 15 is 0 Å². The third kappa shape index (κ3) is 2.21. The molecule has 1 aromatic carbocycles. The van der Waals surface area contributed by atoms with Gasteiger partial charge in [0.1, 0.15) is 5.52 Å². The maximum absolute atomic E-state index is 4.27. The highest BCUT2D eigenvalue weighted by Crippen LogP contribution is 2.29. The maximum Gasteiger partial charge on any atom is 0.113 e. The van der Waals surface area contributed by atoms with Gasteiger partial charge in [-0.05, 0) is 30.7 Å². The zero-order valence-electron chi connectivity index (χ0n) is 9.92. The average molecular weight is 235 g/mol. The summed E-state index contributed by atoms with van der Waals surface area (Å²) in [6, 6.07) is 8.12. The molecule has 1 atom stereocenters. The molecule has 0 aliphatic carbocycles. The van der Waals surface area contributed by atoms with E-state index in [1.807, 2.05) is 34.6 Å². The first-order valence-corrected chi connectivity index (χ1v) is 6.84. The molecule has 16 heavy (non-hydrogen) atoms.